The molecule has 2 aliphatic rings. The Morgan fingerprint density at radius 1 is 1.05 bits per heavy atom. The van der Waals surface area contributed by atoms with Crippen LogP contribution in [0.4, 0.5) is 0 Å². The van der Waals surface area contributed by atoms with Crippen LogP contribution in [-0.2, 0) is 0 Å². The van der Waals surface area contributed by atoms with Crippen molar-refractivity contribution in [3.8, 4) is 18.1 Å². The molecule has 0 spiro atoms. The van der Waals surface area contributed by atoms with Crippen molar-refractivity contribution in [2.24, 2.45) is 0 Å². The van der Waals surface area contributed by atoms with E-state index in [0.717, 1.165) is 30.5 Å². The van der Waals surface area contributed by atoms with Gasteiger partial charge in [-0.2, -0.15) is 0 Å². The van der Waals surface area contributed by atoms with Crippen LogP contribution in [-0.4, -0.2) is 55.2 Å². The number of ether oxygens (including phenoxy) is 1. The normalized spacial score (nSPS) is 20.9. The first-order valence-corrected chi connectivity index (χ1v) is 8.51. The zero-order valence-electron chi connectivity index (χ0n) is 13.3. The maximum atomic E-state index is 5.81. The van der Waals surface area contributed by atoms with Crippen molar-refractivity contribution in [2.75, 3.05) is 39.3 Å². The fourth-order valence-corrected chi connectivity index (χ4v) is 3.55. The van der Waals surface area contributed by atoms with E-state index in [9.17, 15) is 0 Å². The van der Waals surface area contributed by atoms with Gasteiger partial charge in [0.1, 0.15) is 12.4 Å². The summed E-state index contributed by atoms with van der Waals surface area (Å²) in [5.41, 5.74) is 0.899. The number of nitrogens with zero attached hydrogens (tertiary/aromatic N) is 2. The van der Waals surface area contributed by atoms with Gasteiger partial charge in [0.25, 0.3) is 0 Å². The molecule has 0 atom stereocenters. The van der Waals surface area contributed by atoms with E-state index in [0.29, 0.717) is 0 Å². The first kappa shape index (κ1) is 15.4. The Labute approximate surface area is 134 Å². The molecule has 0 aromatic heterocycles. The molecule has 3 rings (SSSR count). The SMILES string of the molecule is C#Cc1ccc(OCCN2CCC(N3CCCC3)CC2)cc1. The molecule has 0 N–H and O–H groups in total. The van der Waals surface area contributed by atoms with E-state index in [1.807, 2.05) is 24.3 Å². The van der Waals surface area contributed by atoms with Gasteiger partial charge in [0.15, 0.2) is 0 Å². The molecular weight excluding hydrogens is 272 g/mol. The van der Waals surface area contributed by atoms with Crippen LogP contribution in [0.5, 0.6) is 5.75 Å². The summed E-state index contributed by atoms with van der Waals surface area (Å²) in [6, 6.07) is 8.59. The molecule has 3 heteroatoms. The van der Waals surface area contributed by atoms with Crippen LogP contribution in [0, 0.1) is 12.3 Å². The third kappa shape index (κ3) is 4.03. The standard InChI is InChI=1S/C19H26N2O/c1-2-17-5-7-19(8-6-17)22-16-15-20-13-9-18(10-14-20)21-11-3-4-12-21/h1,5-8,18H,3-4,9-16H2. The van der Waals surface area contributed by atoms with E-state index < -0.39 is 0 Å². The summed E-state index contributed by atoms with van der Waals surface area (Å²) >= 11 is 0. The Hall–Kier alpha value is -1.50. The number of likely N-dealkylation sites (tertiary alicyclic amines) is 2. The number of hydrogen-bond donors (Lipinski definition) is 0. The first-order chi connectivity index (χ1) is 10.8. The second-order valence-electron chi connectivity index (χ2n) is 6.33. The Balaban J connectivity index is 1.35. The van der Waals surface area contributed by atoms with Crippen molar-refractivity contribution in [1.29, 1.82) is 0 Å². The minimum atomic E-state index is 0.754. The predicted molar refractivity (Wildman–Crippen MR) is 90.1 cm³/mol. The van der Waals surface area contributed by atoms with Crippen LogP contribution in [0.15, 0.2) is 24.3 Å². The maximum absolute atomic E-state index is 5.81. The van der Waals surface area contributed by atoms with Crippen LogP contribution in [0.2, 0.25) is 0 Å². The lowest BCUT2D eigenvalue weighted by Crippen LogP contribution is -2.44. The average Bonchev–Trinajstić information content (AvgIpc) is 3.11. The summed E-state index contributed by atoms with van der Waals surface area (Å²) in [5.74, 6) is 3.53. The molecule has 2 aliphatic heterocycles. The Morgan fingerprint density at radius 2 is 1.73 bits per heavy atom. The van der Waals surface area contributed by atoms with Crippen LogP contribution in [0.1, 0.15) is 31.2 Å². The van der Waals surface area contributed by atoms with Gasteiger partial charge in [-0.1, -0.05) is 5.92 Å². The highest BCUT2D eigenvalue weighted by Gasteiger charge is 2.26. The topological polar surface area (TPSA) is 15.7 Å². The fraction of sp³-hybridized carbons (Fsp3) is 0.579. The first-order valence-electron chi connectivity index (χ1n) is 8.51. The van der Waals surface area contributed by atoms with Crippen molar-refractivity contribution >= 4 is 0 Å². The fourth-order valence-electron chi connectivity index (χ4n) is 3.55. The van der Waals surface area contributed by atoms with Gasteiger partial charge >= 0.3 is 0 Å². The van der Waals surface area contributed by atoms with Crippen molar-refractivity contribution < 1.29 is 4.74 Å². The van der Waals surface area contributed by atoms with E-state index in [1.165, 1.54) is 51.9 Å². The van der Waals surface area contributed by atoms with Gasteiger partial charge in [0, 0.05) is 18.2 Å². The minimum Gasteiger partial charge on any atom is -0.492 e. The van der Waals surface area contributed by atoms with Gasteiger partial charge in [-0.15, -0.1) is 6.42 Å². The minimum absolute atomic E-state index is 0.754. The van der Waals surface area contributed by atoms with E-state index in [-0.39, 0.29) is 0 Å². The molecule has 0 bridgehead atoms. The van der Waals surface area contributed by atoms with Gasteiger partial charge in [0.2, 0.25) is 0 Å². The lowest BCUT2D eigenvalue weighted by atomic mass is 10.0. The van der Waals surface area contributed by atoms with E-state index in [1.54, 1.807) is 0 Å². The summed E-state index contributed by atoms with van der Waals surface area (Å²) in [4.78, 5) is 5.23. The number of benzene rings is 1. The van der Waals surface area contributed by atoms with Crippen LogP contribution in [0.3, 0.4) is 0 Å². The van der Waals surface area contributed by atoms with E-state index >= 15 is 0 Å². The largest absolute Gasteiger partial charge is 0.492 e. The van der Waals surface area contributed by atoms with E-state index in [2.05, 4.69) is 15.7 Å². The van der Waals surface area contributed by atoms with Gasteiger partial charge in [-0.3, -0.25) is 4.90 Å². The highest BCUT2D eigenvalue weighted by molar-refractivity contribution is 5.36. The molecule has 22 heavy (non-hydrogen) atoms. The summed E-state index contributed by atoms with van der Waals surface area (Å²) < 4.78 is 5.81. The second-order valence-corrected chi connectivity index (χ2v) is 6.33. The van der Waals surface area contributed by atoms with E-state index in [4.69, 9.17) is 11.2 Å². The highest BCUT2D eigenvalue weighted by Crippen LogP contribution is 2.21. The van der Waals surface area contributed by atoms with Crippen molar-refractivity contribution in [3.63, 3.8) is 0 Å². The summed E-state index contributed by atoms with van der Waals surface area (Å²) in [7, 11) is 0. The zero-order chi connectivity index (χ0) is 15.2. The molecule has 0 saturated carbocycles. The molecule has 0 aliphatic carbocycles. The van der Waals surface area contributed by atoms with Gasteiger partial charge in [-0.05, 0) is 76.1 Å². The predicted octanol–water partition coefficient (Wildman–Crippen LogP) is 2.61. The molecule has 1 aromatic rings. The van der Waals surface area contributed by atoms with Gasteiger partial charge < -0.3 is 9.64 Å². The molecule has 118 valence electrons. The van der Waals surface area contributed by atoms with Crippen LogP contribution < -0.4 is 4.74 Å². The Kier molecular flexibility index (Phi) is 5.37. The summed E-state index contributed by atoms with van der Waals surface area (Å²) in [5, 5.41) is 0. The third-order valence-electron chi connectivity index (χ3n) is 4.91. The zero-order valence-corrected chi connectivity index (χ0v) is 13.3. The quantitative estimate of drug-likeness (QED) is 0.777. The Morgan fingerprint density at radius 3 is 2.36 bits per heavy atom. The molecule has 2 heterocycles. The van der Waals surface area contributed by atoms with Crippen LogP contribution >= 0.6 is 0 Å². The maximum Gasteiger partial charge on any atom is 0.119 e. The molecule has 0 unspecified atom stereocenters. The van der Waals surface area contributed by atoms with Crippen molar-refractivity contribution in [3.05, 3.63) is 29.8 Å². The lowest BCUT2D eigenvalue weighted by molar-refractivity contribution is 0.114. The average molecular weight is 298 g/mol. The molecule has 2 fully saturated rings. The number of terminal acetylenes is 1. The molecule has 0 radical (unpaired) electrons. The second kappa shape index (κ2) is 7.67. The number of rotatable bonds is 5. The molecule has 3 nitrogen and oxygen atoms in total. The van der Waals surface area contributed by atoms with Gasteiger partial charge in [0.05, 0.1) is 0 Å². The smallest absolute Gasteiger partial charge is 0.119 e. The number of piperidine rings is 1. The van der Waals surface area contributed by atoms with Crippen molar-refractivity contribution in [1.82, 2.24) is 9.80 Å². The molecular formula is C19H26N2O. The molecule has 0 amide bonds. The molecule has 2 saturated heterocycles. The summed E-state index contributed by atoms with van der Waals surface area (Å²) in [6.07, 6.45) is 10.8. The lowest BCUT2D eigenvalue weighted by Gasteiger charge is -2.36. The number of hydrogen-bond acceptors (Lipinski definition) is 3. The third-order valence-corrected chi connectivity index (χ3v) is 4.91. The van der Waals surface area contributed by atoms with Crippen LogP contribution in [0.25, 0.3) is 0 Å². The monoisotopic (exact) mass is 298 g/mol. The molecule has 1 aromatic carbocycles. The summed E-state index contributed by atoms with van der Waals surface area (Å²) in [6.45, 7) is 6.83. The van der Waals surface area contributed by atoms with Gasteiger partial charge in [-0.25, -0.2) is 0 Å². The highest BCUT2D eigenvalue weighted by atomic mass is 16.5. The van der Waals surface area contributed by atoms with Crippen molar-refractivity contribution in [2.45, 2.75) is 31.7 Å². The Bertz CT molecular complexity index is 491.